The fraction of sp³-hybridized carbons (Fsp3) is 0.333. The van der Waals surface area contributed by atoms with Gasteiger partial charge in [-0.05, 0) is 68.5 Å². The van der Waals surface area contributed by atoms with Gasteiger partial charge in [0.2, 0.25) is 0 Å². The van der Waals surface area contributed by atoms with E-state index in [1.165, 1.54) is 17.7 Å². The summed E-state index contributed by atoms with van der Waals surface area (Å²) in [5, 5.41) is 0. The summed E-state index contributed by atoms with van der Waals surface area (Å²) >= 11 is 0. The number of benzene rings is 1. The molecule has 0 atom stereocenters. The number of ketones is 1. The van der Waals surface area contributed by atoms with E-state index in [-0.39, 0.29) is 17.5 Å². The summed E-state index contributed by atoms with van der Waals surface area (Å²) in [6, 6.07) is 9.76. The number of hydrogen-bond donors (Lipinski definition) is 0. The number of rotatable bonds is 4. The zero-order chi connectivity index (χ0) is 20.5. The molecular formula is C24H23FN4O. The van der Waals surface area contributed by atoms with E-state index in [2.05, 4.69) is 9.88 Å². The predicted molar refractivity (Wildman–Crippen MR) is 113 cm³/mol. The van der Waals surface area contributed by atoms with Gasteiger partial charge in [0.05, 0.1) is 0 Å². The Labute approximate surface area is 175 Å². The maximum Gasteiger partial charge on any atom is 0.166 e. The van der Waals surface area contributed by atoms with Gasteiger partial charge in [0.25, 0.3) is 0 Å². The maximum absolute atomic E-state index is 13.2. The first kappa shape index (κ1) is 18.9. The van der Waals surface area contributed by atoms with Crippen LogP contribution in [0.3, 0.4) is 0 Å². The Morgan fingerprint density at radius 2 is 1.70 bits per heavy atom. The highest BCUT2D eigenvalue weighted by molar-refractivity contribution is 5.98. The van der Waals surface area contributed by atoms with Gasteiger partial charge in [0.1, 0.15) is 11.6 Å². The van der Waals surface area contributed by atoms with Crippen LogP contribution in [0.15, 0.2) is 48.8 Å². The number of Topliss-reactive ketones (excluding diaryl/α,β-unsaturated/α-hetero) is 1. The molecule has 3 heterocycles. The van der Waals surface area contributed by atoms with Crippen LogP contribution in [0.1, 0.15) is 40.9 Å². The minimum Gasteiger partial charge on any atom is -0.356 e. The summed E-state index contributed by atoms with van der Waals surface area (Å²) in [4.78, 5) is 29.0. The lowest BCUT2D eigenvalue weighted by Crippen LogP contribution is -2.37. The number of fused-ring (bicyclic) bond motifs is 1. The second-order valence-electron chi connectivity index (χ2n) is 8.02. The van der Waals surface area contributed by atoms with Gasteiger partial charge >= 0.3 is 0 Å². The molecule has 5 rings (SSSR count). The Morgan fingerprint density at radius 3 is 2.43 bits per heavy atom. The largest absolute Gasteiger partial charge is 0.356 e. The first-order valence-electron chi connectivity index (χ1n) is 10.5. The van der Waals surface area contributed by atoms with Crippen molar-refractivity contribution < 1.29 is 9.18 Å². The topological polar surface area (TPSA) is 59.0 Å². The summed E-state index contributed by atoms with van der Waals surface area (Å²) in [7, 11) is 0. The van der Waals surface area contributed by atoms with Gasteiger partial charge < -0.3 is 4.90 Å². The molecule has 1 aromatic carbocycles. The van der Waals surface area contributed by atoms with Crippen molar-refractivity contribution in [1.82, 2.24) is 15.0 Å². The van der Waals surface area contributed by atoms with Crippen molar-refractivity contribution in [1.29, 1.82) is 0 Å². The molecule has 0 unspecified atom stereocenters. The first-order chi connectivity index (χ1) is 14.7. The van der Waals surface area contributed by atoms with E-state index < -0.39 is 0 Å². The van der Waals surface area contributed by atoms with Crippen LogP contribution in [0.4, 0.5) is 10.2 Å². The standard InChI is InChI=1S/C24H23FN4O/c25-19-6-4-16(5-7-19)22(30)17-10-14-29(15-11-17)24-20-2-1-3-21(20)27-23(28-24)18-8-12-26-13-9-18/h4-9,12-13,17H,1-3,10-11,14-15H2. The third-order valence-electron chi connectivity index (χ3n) is 6.14. The number of carbonyl (C=O) groups is 1. The average Bonchev–Trinajstić information content (AvgIpc) is 3.28. The second kappa shape index (κ2) is 7.94. The van der Waals surface area contributed by atoms with Gasteiger partial charge in [-0.15, -0.1) is 0 Å². The summed E-state index contributed by atoms with van der Waals surface area (Å²) < 4.78 is 13.2. The number of aromatic nitrogens is 3. The van der Waals surface area contributed by atoms with Crippen molar-refractivity contribution in [3.8, 4) is 11.4 Å². The first-order valence-corrected chi connectivity index (χ1v) is 10.5. The lowest BCUT2D eigenvalue weighted by Gasteiger charge is -2.33. The Kier molecular flexibility index (Phi) is 4.99. The molecule has 5 nitrogen and oxygen atoms in total. The molecule has 1 aliphatic carbocycles. The molecule has 0 N–H and O–H groups in total. The van der Waals surface area contributed by atoms with E-state index in [0.29, 0.717) is 5.56 Å². The van der Waals surface area contributed by atoms with Crippen LogP contribution in [-0.2, 0) is 12.8 Å². The van der Waals surface area contributed by atoms with Gasteiger partial charge in [0.15, 0.2) is 11.6 Å². The van der Waals surface area contributed by atoms with Crippen LogP contribution in [0.2, 0.25) is 0 Å². The van der Waals surface area contributed by atoms with Crippen LogP contribution in [0.5, 0.6) is 0 Å². The third-order valence-corrected chi connectivity index (χ3v) is 6.14. The van der Waals surface area contributed by atoms with Crippen molar-refractivity contribution in [2.75, 3.05) is 18.0 Å². The fourth-order valence-electron chi connectivity index (χ4n) is 4.51. The van der Waals surface area contributed by atoms with Gasteiger partial charge in [-0.2, -0.15) is 0 Å². The van der Waals surface area contributed by atoms with E-state index in [4.69, 9.17) is 9.97 Å². The molecule has 0 saturated carbocycles. The fourth-order valence-corrected chi connectivity index (χ4v) is 4.51. The van der Waals surface area contributed by atoms with Gasteiger partial charge in [-0.1, -0.05) is 0 Å². The molecular weight excluding hydrogens is 379 g/mol. The summed E-state index contributed by atoms with van der Waals surface area (Å²) in [5.41, 5.74) is 3.98. The number of carbonyl (C=O) groups excluding carboxylic acids is 1. The average molecular weight is 402 g/mol. The number of hydrogen-bond acceptors (Lipinski definition) is 5. The van der Waals surface area contributed by atoms with Crippen molar-refractivity contribution in [2.45, 2.75) is 32.1 Å². The number of anilines is 1. The van der Waals surface area contributed by atoms with Crippen LogP contribution in [0.25, 0.3) is 11.4 Å². The van der Waals surface area contributed by atoms with Crippen LogP contribution < -0.4 is 4.90 Å². The van der Waals surface area contributed by atoms with Gasteiger partial charge in [0, 0.05) is 53.8 Å². The lowest BCUT2D eigenvalue weighted by molar-refractivity contribution is 0.0900. The summed E-state index contributed by atoms with van der Waals surface area (Å²) in [5.74, 6) is 1.54. The van der Waals surface area contributed by atoms with E-state index in [1.54, 1.807) is 24.5 Å². The SMILES string of the molecule is O=C(c1ccc(F)cc1)C1CCN(c2nc(-c3ccncc3)nc3c2CCC3)CC1. The molecule has 152 valence electrons. The minimum absolute atomic E-state index is 0.0266. The van der Waals surface area contributed by atoms with Gasteiger partial charge in [-0.25, -0.2) is 14.4 Å². The smallest absolute Gasteiger partial charge is 0.166 e. The third kappa shape index (κ3) is 3.58. The number of pyridine rings is 1. The molecule has 0 radical (unpaired) electrons. The summed E-state index contributed by atoms with van der Waals surface area (Å²) in [6.45, 7) is 1.58. The molecule has 6 heteroatoms. The van der Waals surface area contributed by atoms with Crippen molar-refractivity contribution in [3.63, 3.8) is 0 Å². The Balaban J connectivity index is 1.36. The molecule has 1 aliphatic heterocycles. The molecule has 0 bridgehead atoms. The highest BCUT2D eigenvalue weighted by Gasteiger charge is 2.29. The van der Waals surface area contributed by atoms with Crippen LogP contribution >= 0.6 is 0 Å². The Morgan fingerprint density at radius 1 is 0.967 bits per heavy atom. The van der Waals surface area contributed by atoms with E-state index in [9.17, 15) is 9.18 Å². The molecule has 1 saturated heterocycles. The normalized spacial score (nSPS) is 16.5. The van der Waals surface area contributed by atoms with Crippen molar-refractivity contribution in [2.24, 2.45) is 5.92 Å². The summed E-state index contributed by atoms with van der Waals surface area (Å²) in [6.07, 6.45) is 8.18. The molecule has 0 spiro atoms. The predicted octanol–water partition coefficient (Wildman–Crippen LogP) is 4.27. The number of aryl methyl sites for hydroxylation is 1. The van der Waals surface area contributed by atoms with Crippen molar-refractivity contribution in [3.05, 3.63) is 71.4 Å². The minimum atomic E-state index is -0.316. The molecule has 30 heavy (non-hydrogen) atoms. The van der Waals surface area contributed by atoms with Crippen molar-refractivity contribution >= 4 is 11.6 Å². The lowest BCUT2D eigenvalue weighted by atomic mass is 9.88. The maximum atomic E-state index is 13.2. The Bertz CT molecular complexity index is 1060. The zero-order valence-electron chi connectivity index (χ0n) is 16.7. The Hall–Kier alpha value is -3.15. The number of nitrogens with zero attached hydrogens (tertiary/aromatic N) is 4. The molecule has 2 aromatic heterocycles. The van der Waals surface area contributed by atoms with Gasteiger partial charge in [-0.3, -0.25) is 9.78 Å². The molecule has 3 aromatic rings. The number of halogens is 1. The van der Waals surface area contributed by atoms with Crippen LogP contribution in [-0.4, -0.2) is 33.8 Å². The molecule has 2 aliphatic rings. The van der Waals surface area contributed by atoms with Crippen LogP contribution in [0, 0.1) is 11.7 Å². The van der Waals surface area contributed by atoms with E-state index in [1.807, 2.05) is 12.1 Å². The number of piperidine rings is 1. The monoisotopic (exact) mass is 402 g/mol. The van der Waals surface area contributed by atoms with E-state index in [0.717, 1.165) is 68.1 Å². The highest BCUT2D eigenvalue weighted by Crippen LogP contribution is 2.34. The molecule has 1 fully saturated rings. The quantitative estimate of drug-likeness (QED) is 0.610. The zero-order valence-corrected chi connectivity index (χ0v) is 16.7. The second-order valence-corrected chi connectivity index (χ2v) is 8.02. The highest BCUT2D eigenvalue weighted by atomic mass is 19.1. The molecule has 0 amide bonds. The van der Waals surface area contributed by atoms with E-state index >= 15 is 0 Å².